The van der Waals surface area contributed by atoms with E-state index in [2.05, 4.69) is 10.6 Å². The van der Waals surface area contributed by atoms with E-state index in [1.54, 1.807) is 13.4 Å². The van der Waals surface area contributed by atoms with Crippen molar-refractivity contribution in [3.8, 4) is 0 Å². The third-order valence-electron chi connectivity index (χ3n) is 5.90. The predicted molar refractivity (Wildman–Crippen MR) is 107 cm³/mol. The van der Waals surface area contributed by atoms with Crippen LogP contribution in [0.15, 0.2) is 27.8 Å². The average molecular weight is 378 g/mol. The lowest BCUT2D eigenvalue weighted by atomic mass is 9.83. The highest BCUT2D eigenvalue weighted by Gasteiger charge is 2.33. The molecule has 0 bridgehead atoms. The second-order valence-electron chi connectivity index (χ2n) is 7.98. The Balaban J connectivity index is 1.54. The second kappa shape index (κ2) is 10.7. The van der Waals surface area contributed by atoms with Crippen molar-refractivity contribution in [3.05, 3.63) is 24.2 Å². The number of methoxy groups -OCH3 is 1. The minimum atomic E-state index is 0.308. The van der Waals surface area contributed by atoms with Crippen molar-refractivity contribution in [1.29, 1.82) is 0 Å². The predicted octanol–water partition coefficient (Wildman–Crippen LogP) is 2.99. The molecule has 6 heteroatoms. The lowest BCUT2D eigenvalue weighted by Gasteiger charge is -2.27. The van der Waals surface area contributed by atoms with E-state index in [0.29, 0.717) is 11.3 Å². The molecule has 1 saturated carbocycles. The number of ether oxygens (including phenoxy) is 2. The van der Waals surface area contributed by atoms with Gasteiger partial charge in [0.15, 0.2) is 5.96 Å². The number of guanidine groups is 1. The van der Waals surface area contributed by atoms with Crippen molar-refractivity contribution >= 4 is 5.96 Å². The SMILES string of the molecule is COCCC1(CN=C(NCCc2ccco2)NCC2CCOC2)CCCC1. The van der Waals surface area contributed by atoms with Gasteiger partial charge in [-0.05, 0) is 43.2 Å². The van der Waals surface area contributed by atoms with Gasteiger partial charge in [-0.1, -0.05) is 12.8 Å². The van der Waals surface area contributed by atoms with Gasteiger partial charge >= 0.3 is 0 Å². The van der Waals surface area contributed by atoms with Crippen LogP contribution in [-0.2, 0) is 15.9 Å². The van der Waals surface area contributed by atoms with Gasteiger partial charge in [0, 0.05) is 52.3 Å². The van der Waals surface area contributed by atoms with Crippen molar-refractivity contribution < 1.29 is 13.9 Å². The molecular weight excluding hydrogens is 342 g/mol. The molecule has 3 rings (SSSR count). The Morgan fingerprint density at radius 1 is 1.33 bits per heavy atom. The van der Waals surface area contributed by atoms with Gasteiger partial charge in [0.1, 0.15) is 5.76 Å². The third kappa shape index (κ3) is 6.54. The standard InChI is InChI=1S/C21H35N3O3/c1-25-14-10-21(8-2-3-9-21)17-24-20(23-15-18-7-13-26-16-18)22-11-6-19-5-4-12-27-19/h4-5,12,18H,2-3,6-11,13-17H2,1H3,(H2,22,23,24). The Labute approximate surface area is 163 Å². The zero-order chi connectivity index (χ0) is 18.8. The van der Waals surface area contributed by atoms with Gasteiger partial charge in [-0.3, -0.25) is 4.99 Å². The molecule has 1 aromatic heterocycles. The van der Waals surface area contributed by atoms with E-state index >= 15 is 0 Å². The van der Waals surface area contributed by atoms with Gasteiger partial charge in [0.2, 0.25) is 0 Å². The van der Waals surface area contributed by atoms with E-state index in [1.807, 2.05) is 12.1 Å². The fourth-order valence-corrected chi connectivity index (χ4v) is 4.10. The number of rotatable bonds is 10. The fraction of sp³-hybridized carbons (Fsp3) is 0.762. The zero-order valence-corrected chi connectivity index (χ0v) is 16.7. The third-order valence-corrected chi connectivity index (χ3v) is 5.90. The summed E-state index contributed by atoms with van der Waals surface area (Å²) in [5.41, 5.74) is 0.308. The first-order chi connectivity index (χ1) is 13.3. The molecule has 1 unspecified atom stereocenters. The van der Waals surface area contributed by atoms with E-state index in [4.69, 9.17) is 18.9 Å². The summed E-state index contributed by atoms with van der Waals surface area (Å²) in [5.74, 6) is 2.49. The summed E-state index contributed by atoms with van der Waals surface area (Å²) in [5, 5.41) is 7.02. The van der Waals surface area contributed by atoms with Crippen LogP contribution in [-0.4, -0.2) is 52.5 Å². The molecule has 2 fully saturated rings. The molecule has 6 nitrogen and oxygen atoms in total. The van der Waals surface area contributed by atoms with Gasteiger partial charge in [-0.2, -0.15) is 0 Å². The van der Waals surface area contributed by atoms with Gasteiger partial charge < -0.3 is 24.5 Å². The number of nitrogens with zero attached hydrogens (tertiary/aromatic N) is 1. The monoisotopic (exact) mass is 377 g/mol. The number of hydrogen-bond acceptors (Lipinski definition) is 4. The summed E-state index contributed by atoms with van der Waals surface area (Å²) in [6, 6.07) is 3.95. The molecule has 2 N–H and O–H groups in total. The lowest BCUT2D eigenvalue weighted by Crippen LogP contribution is -2.41. The minimum Gasteiger partial charge on any atom is -0.469 e. The van der Waals surface area contributed by atoms with Crippen LogP contribution in [0.25, 0.3) is 0 Å². The molecule has 27 heavy (non-hydrogen) atoms. The Morgan fingerprint density at radius 3 is 2.93 bits per heavy atom. The van der Waals surface area contributed by atoms with E-state index < -0.39 is 0 Å². The molecule has 0 radical (unpaired) electrons. The molecule has 1 saturated heterocycles. The largest absolute Gasteiger partial charge is 0.469 e. The Bertz CT molecular complexity index is 547. The fourth-order valence-electron chi connectivity index (χ4n) is 4.10. The Hall–Kier alpha value is -1.53. The highest BCUT2D eigenvalue weighted by Crippen LogP contribution is 2.41. The molecule has 1 atom stereocenters. The van der Waals surface area contributed by atoms with Crippen molar-refractivity contribution in [1.82, 2.24) is 10.6 Å². The Kier molecular flexibility index (Phi) is 8.02. The molecule has 0 spiro atoms. The Morgan fingerprint density at radius 2 is 2.22 bits per heavy atom. The van der Waals surface area contributed by atoms with Crippen molar-refractivity contribution in [2.75, 3.05) is 46.6 Å². The summed E-state index contributed by atoms with van der Waals surface area (Å²) in [4.78, 5) is 4.98. The summed E-state index contributed by atoms with van der Waals surface area (Å²) in [6.45, 7) is 5.15. The van der Waals surface area contributed by atoms with Crippen LogP contribution in [0.2, 0.25) is 0 Å². The topological polar surface area (TPSA) is 68.0 Å². The van der Waals surface area contributed by atoms with Crippen LogP contribution in [0.4, 0.5) is 0 Å². The van der Waals surface area contributed by atoms with Crippen LogP contribution in [0.5, 0.6) is 0 Å². The molecule has 1 aromatic rings. The van der Waals surface area contributed by atoms with Crippen LogP contribution in [0.3, 0.4) is 0 Å². The molecule has 152 valence electrons. The smallest absolute Gasteiger partial charge is 0.191 e. The second-order valence-corrected chi connectivity index (χ2v) is 7.98. The normalized spacial score (nSPS) is 22.3. The van der Waals surface area contributed by atoms with E-state index in [0.717, 1.165) is 70.4 Å². The first-order valence-corrected chi connectivity index (χ1v) is 10.4. The summed E-state index contributed by atoms with van der Waals surface area (Å²) in [7, 11) is 1.79. The van der Waals surface area contributed by atoms with Crippen LogP contribution in [0.1, 0.15) is 44.3 Å². The maximum absolute atomic E-state index is 5.49. The van der Waals surface area contributed by atoms with Gasteiger partial charge in [-0.15, -0.1) is 0 Å². The van der Waals surface area contributed by atoms with Crippen molar-refractivity contribution in [2.45, 2.75) is 44.9 Å². The molecule has 0 amide bonds. The van der Waals surface area contributed by atoms with Crippen molar-refractivity contribution in [2.24, 2.45) is 16.3 Å². The lowest BCUT2D eigenvalue weighted by molar-refractivity contribution is 0.141. The molecular formula is C21H35N3O3. The summed E-state index contributed by atoms with van der Waals surface area (Å²) >= 11 is 0. The summed E-state index contributed by atoms with van der Waals surface area (Å²) < 4.78 is 16.3. The average Bonchev–Trinajstić information content (AvgIpc) is 3.45. The zero-order valence-electron chi connectivity index (χ0n) is 16.7. The number of furan rings is 1. The maximum Gasteiger partial charge on any atom is 0.191 e. The number of nitrogens with one attached hydrogen (secondary N) is 2. The molecule has 1 aliphatic carbocycles. The van der Waals surface area contributed by atoms with Crippen LogP contribution in [0, 0.1) is 11.3 Å². The van der Waals surface area contributed by atoms with E-state index in [1.165, 1.54) is 25.7 Å². The molecule has 1 aliphatic heterocycles. The molecule has 2 heterocycles. The number of hydrogen-bond donors (Lipinski definition) is 2. The van der Waals surface area contributed by atoms with Gasteiger partial charge in [0.05, 0.1) is 12.9 Å². The van der Waals surface area contributed by atoms with Gasteiger partial charge in [0.25, 0.3) is 0 Å². The van der Waals surface area contributed by atoms with Gasteiger partial charge in [-0.25, -0.2) is 0 Å². The van der Waals surface area contributed by atoms with E-state index in [-0.39, 0.29) is 0 Å². The highest BCUT2D eigenvalue weighted by molar-refractivity contribution is 5.79. The first kappa shape index (κ1) is 20.2. The van der Waals surface area contributed by atoms with E-state index in [9.17, 15) is 0 Å². The first-order valence-electron chi connectivity index (χ1n) is 10.4. The molecule has 2 aliphatic rings. The van der Waals surface area contributed by atoms with Crippen LogP contribution >= 0.6 is 0 Å². The minimum absolute atomic E-state index is 0.308. The highest BCUT2D eigenvalue weighted by atomic mass is 16.5. The number of aliphatic imine (C=N–C) groups is 1. The quantitative estimate of drug-likeness (QED) is 0.485. The molecule has 0 aromatic carbocycles. The van der Waals surface area contributed by atoms with Crippen molar-refractivity contribution in [3.63, 3.8) is 0 Å². The maximum atomic E-state index is 5.49. The summed E-state index contributed by atoms with van der Waals surface area (Å²) in [6.07, 6.45) is 9.96. The van der Waals surface area contributed by atoms with Crippen LogP contribution < -0.4 is 10.6 Å².